The first-order valence-corrected chi connectivity index (χ1v) is 12.4. The van der Waals surface area contributed by atoms with Gasteiger partial charge in [0.1, 0.15) is 17.8 Å². The van der Waals surface area contributed by atoms with Crippen LogP contribution in [0.4, 0.5) is 8.78 Å². The standard InChI is InChI=1S/C20H24F2O11S/c1-2-19(5-3-4-6-19)33-17(25)13-10-7-9-12(13)16(24)32-15(9)14(10)31-11(23)8-30-18(26)20(21,22)34(27,28)29/h9-10,12-15H,2-8H2,1H3,(H,27,28,29)/p-1. The molecule has 0 spiro atoms. The summed E-state index contributed by atoms with van der Waals surface area (Å²) in [5, 5.41) is -5.38. The van der Waals surface area contributed by atoms with Gasteiger partial charge >= 0.3 is 29.1 Å². The number of hydrogen-bond acceptors (Lipinski definition) is 11. The molecule has 1 heterocycles. The second kappa shape index (κ2) is 8.40. The van der Waals surface area contributed by atoms with Gasteiger partial charge in [-0.1, -0.05) is 6.92 Å². The van der Waals surface area contributed by atoms with Crippen LogP contribution in [-0.4, -0.2) is 66.5 Å². The van der Waals surface area contributed by atoms with Gasteiger partial charge in [0.05, 0.1) is 11.8 Å². The van der Waals surface area contributed by atoms with Crippen molar-refractivity contribution in [2.24, 2.45) is 23.7 Å². The third-order valence-corrected chi connectivity index (χ3v) is 8.23. The van der Waals surface area contributed by atoms with Gasteiger partial charge in [0.25, 0.3) is 0 Å². The number of esters is 4. The number of fused-ring (bicyclic) bond motifs is 1. The smallest absolute Gasteiger partial charge is 0.428 e. The number of ether oxygens (including phenoxy) is 4. The van der Waals surface area contributed by atoms with Crippen LogP contribution in [0.1, 0.15) is 45.4 Å². The maximum atomic E-state index is 13.2. The molecule has 0 amide bonds. The average Bonchev–Trinajstić information content (AvgIpc) is 3.49. The summed E-state index contributed by atoms with van der Waals surface area (Å²) in [7, 11) is -6.35. The van der Waals surface area contributed by atoms with Crippen LogP contribution in [0.15, 0.2) is 0 Å². The fourth-order valence-electron chi connectivity index (χ4n) is 5.79. The van der Waals surface area contributed by atoms with Gasteiger partial charge in [-0.15, -0.1) is 0 Å². The van der Waals surface area contributed by atoms with Crippen molar-refractivity contribution in [1.29, 1.82) is 0 Å². The lowest BCUT2D eigenvalue weighted by molar-refractivity contribution is -0.180. The lowest BCUT2D eigenvalue weighted by atomic mass is 9.78. The SMILES string of the molecule is CCC1(OC(=O)C2C3CC4C(OC(=O)C42)C3OC(=O)COC(=O)C(F)(F)S(=O)(=O)[O-])CCCC1. The molecule has 6 unspecified atom stereocenters. The molecule has 1 aliphatic heterocycles. The lowest BCUT2D eigenvalue weighted by Gasteiger charge is -2.34. The first-order chi connectivity index (χ1) is 15.8. The maximum Gasteiger partial charge on any atom is 0.428 e. The van der Waals surface area contributed by atoms with Crippen LogP contribution in [-0.2, 0) is 48.2 Å². The minimum Gasteiger partial charge on any atom is -0.743 e. The van der Waals surface area contributed by atoms with Gasteiger partial charge in [0.15, 0.2) is 16.7 Å². The Kier molecular flexibility index (Phi) is 6.12. The monoisotopic (exact) mass is 509 g/mol. The maximum absolute atomic E-state index is 13.2. The number of hydrogen-bond donors (Lipinski definition) is 0. The Bertz CT molecular complexity index is 1000. The summed E-state index contributed by atoms with van der Waals surface area (Å²) in [5.74, 6) is -7.90. The second-order valence-electron chi connectivity index (χ2n) is 9.18. The molecule has 14 heteroatoms. The van der Waals surface area contributed by atoms with Crippen molar-refractivity contribution in [3.05, 3.63) is 0 Å². The van der Waals surface area contributed by atoms with Crippen molar-refractivity contribution in [2.75, 3.05) is 6.61 Å². The van der Waals surface area contributed by atoms with Crippen LogP contribution in [0.3, 0.4) is 0 Å². The predicted molar refractivity (Wildman–Crippen MR) is 102 cm³/mol. The van der Waals surface area contributed by atoms with E-state index in [9.17, 15) is 40.9 Å². The molecular formula is C20H23F2O11S-. The third kappa shape index (κ3) is 3.93. The molecule has 190 valence electrons. The van der Waals surface area contributed by atoms with Gasteiger partial charge in [-0.3, -0.25) is 9.59 Å². The Hall–Kier alpha value is -2.35. The van der Waals surface area contributed by atoms with Gasteiger partial charge in [-0.2, -0.15) is 8.78 Å². The van der Waals surface area contributed by atoms with E-state index in [2.05, 4.69) is 4.74 Å². The van der Waals surface area contributed by atoms with E-state index in [-0.39, 0.29) is 0 Å². The summed E-state index contributed by atoms with van der Waals surface area (Å²) >= 11 is 0. The number of halogens is 2. The second-order valence-corrected chi connectivity index (χ2v) is 10.6. The quantitative estimate of drug-likeness (QED) is 0.256. The summed E-state index contributed by atoms with van der Waals surface area (Å²) < 4.78 is 78.1. The zero-order valence-corrected chi connectivity index (χ0v) is 18.9. The Labute approximate surface area is 193 Å². The third-order valence-electron chi connectivity index (χ3n) is 7.43. The zero-order chi connectivity index (χ0) is 25.1. The molecule has 34 heavy (non-hydrogen) atoms. The molecule has 3 saturated carbocycles. The Morgan fingerprint density at radius 1 is 1.21 bits per heavy atom. The molecule has 0 aromatic heterocycles. The summed E-state index contributed by atoms with van der Waals surface area (Å²) in [5.41, 5.74) is -0.603. The van der Waals surface area contributed by atoms with Crippen molar-refractivity contribution in [1.82, 2.24) is 0 Å². The van der Waals surface area contributed by atoms with Crippen LogP contribution >= 0.6 is 0 Å². The Balaban J connectivity index is 1.42. The van der Waals surface area contributed by atoms with Crippen molar-refractivity contribution in [3.8, 4) is 0 Å². The van der Waals surface area contributed by atoms with Gasteiger partial charge < -0.3 is 23.5 Å². The first kappa shape index (κ1) is 24.8. The van der Waals surface area contributed by atoms with E-state index in [0.717, 1.165) is 12.8 Å². The lowest BCUT2D eigenvalue weighted by Crippen LogP contribution is -2.46. The Morgan fingerprint density at radius 2 is 1.85 bits per heavy atom. The highest BCUT2D eigenvalue weighted by atomic mass is 32.2. The van der Waals surface area contributed by atoms with E-state index in [1.807, 2.05) is 6.92 Å². The fourth-order valence-corrected chi connectivity index (χ4v) is 6.06. The van der Waals surface area contributed by atoms with Gasteiger partial charge in [0.2, 0.25) is 0 Å². The zero-order valence-electron chi connectivity index (χ0n) is 18.1. The van der Waals surface area contributed by atoms with Crippen molar-refractivity contribution < 1.29 is 59.9 Å². The van der Waals surface area contributed by atoms with E-state index < -0.39 is 87.3 Å². The average molecular weight is 509 g/mol. The van der Waals surface area contributed by atoms with Crippen LogP contribution < -0.4 is 0 Å². The van der Waals surface area contributed by atoms with Crippen LogP contribution in [0.2, 0.25) is 0 Å². The summed E-state index contributed by atoms with van der Waals surface area (Å²) in [6, 6.07) is 0. The molecular weight excluding hydrogens is 486 g/mol. The fraction of sp³-hybridized carbons (Fsp3) is 0.800. The number of alkyl halides is 2. The number of carbonyl (C=O) groups excluding carboxylic acids is 4. The summed E-state index contributed by atoms with van der Waals surface area (Å²) in [6.45, 7) is 0.503. The molecule has 1 saturated heterocycles. The molecule has 0 N–H and O–H groups in total. The topological polar surface area (TPSA) is 162 Å². The molecule has 3 aliphatic carbocycles. The van der Waals surface area contributed by atoms with Crippen molar-refractivity contribution in [2.45, 2.75) is 68.5 Å². The highest BCUT2D eigenvalue weighted by Crippen LogP contribution is 2.59. The summed E-state index contributed by atoms with van der Waals surface area (Å²) in [4.78, 5) is 48.9. The van der Waals surface area contributed by atoms with E-state index in [1.54, 1.807) is 0 Å². The highest BCUT2D eigenvalue weighted by molar-refractivity contribution is 7.87. The molecule has 4 rings (SSSR count). The molecule has 4 fully saturated rings. The molecule has 11 nitrogen and oxygen atoms in total. The van der Waals surface area contributed by atoms with E-state index in [1.165, 1.54) is 0 Å². The number of carbonyl (C=O) groups is 4. The van der Waals surface area contributed by atoms with Crippen molar-refractivity contribution >= 4 is 34.0 Å². The molecule has 4 aliphatic rings. The highest BCUT2D eigenvalue weighted by Gasteiger charge is 2.70. The van der Waals surface area contributed by atoms with Crippen molar-refractivity contribution in [3.63, 3.8) is 0 Å². The van der Waals surface area contributed by atoms with Crippen LogP contribution in [0.25, 0.3) is 0 Å². The predicted octanol–water partition coefficient (Wildman–Crippen LogP) is 0.653. The Morgan fingerprint density at radius 3 is 2.44 bits per heavy atom. The van der Waals surface area contributed by atoms with E-state index in [4.69, 9.17) is 14.2 Å². The largest absolute Gasteiger partial charge is 0.743 e. The molecule has 0 aromatic rings. The minimum absolute atomic E-state index is 0.337. The minimum atomic E-state index is -6.35. The van der Waals surface area contributed by atoms with Crippen LogP contribution in [0, 0.1) is 23.7 Å². The molecule has 2 bridgehead atoms. The molecule has 0 aromatic carbocycles. The van der Waals surface area contributed by atoms with Gasteiger partial charge in [-0.25, -0.2) is 18.0 Å². The van der Waals surface area contributed by atoms with E-state index in [0.29, 0.717) is 25.7 Å². The van der Waals surface area contributed by atoms with Gasteiger partial charge in [-0.05, 0) is 38.5 Å². The first-order valence-electron chi connectivity index (χ1n) is 10.9. The summed E-state index contributed by atoms with van der Waals surface area (Å²) in [6.07, 6.45) is 2.26. The number of rotatable bonds is 8. The van der Waals surface area contributed by atoms with Crippen LogP contribution in [0.5, 0.6) is 0 Å². The molecule has 6 atom stereocenters. The molecule has 0 radical (unpaired) electrons. The normalized spacial score (nSPS) is 33.5. The van der Waals surface area contributed by atoms with E-state index >= 15 is 0 Å². The van der Waals surface area contributed by atoms with Gasteiger partial charge in [0, 0.05) is 11.8 Å².